The van der Waals surface area contributed by atoms with Crippen LogP contribution in [0, 0.1) is 6.92 Å². The van der Waals surface area contributed by atoms with E-state index in [4.69, 9.17) is 11.6 Å². The Morgan fingerprint density at radius 3 is 2.73 bits per heavy atom. The highest BCUT2D eigenvalue weighted by atomic mass is 35.5. The highest BCUT2D eigenvalue weighted by Crippen LogP contribution is 2.01. The molecule has 1 rings (SSSR count). The summed E-state index contributed by atoms with van der Waals surface area (Å²) in [6.07, 6.45) is 3.02. The average Bonchev–Trinajstić information content (AvgIpc) is 2.04. The van der Waals surface area contributed by atoms with Crippen LogP contribution in [0.3, 0.4) is 0 Å². The Balaban J connectivity index is 3.03. The van der Waals surface area contributed by atoms with Crippen molar-refractivity contribution < 1.29 is 4.79 Å². The fourth-order valence-electron chi connectivity index (χ4n) is 0.745. The van der Waals surface area contributed by atoms with Crippen LogP contribution in [0.1, 0.15) is 16.2 Å². The summed E-state index contributed by atoms with van der Waals surface area (Å²) in [4.78, 5) is 18.8. The van der Waals surface area contributed by atoms with Crippen LogP contribution >= 0.6 is 11.6 Å². The Bertz CT molecular complexity index is 275. The summed E-state index contributed by atoms with van der Waals surface area (Å²) in [5.74, 6) is -0.225. The van der Waals surface area contributed by atoms with Crippen molar-refractivity contribution in [1.29, 1.82) is 0 Å². The van der Waals surface area contributed by atoms with E-state index in [9.17, 15) is 4.79 Å². The predicted molar refractivity (Wildman–Crippen MR) is 41.8 cm³/mol. The number of hydrogen-bond donors (Lipinski definition) is 0. The number of rotatable bonds is 2. The first kappa shape index (κ1) is 8.14. The molecule has 0 aliphatic rings. The number of aromatic nitrogens is 2. The number of alkyl halides is 1. The summed E-state index contributed by atoms with van der Waals surface area (Å²) in [6.45, 7) is 1.73. The molecular formula is C7H7ClN2O. The maximum atomic E-state index is 11.0. The van der Waals surface area contributed by atoms with Gasteiger partial charge in [0.25, 0.3) is 0 Å². The summed E-state index contributed by atoms with van der Waals surface area (Å²) in [5, 5.41) is 0. The van der Waals surface area contributed by atoms with E-state index in [1.165, 1.54) is 6.20 Å². The summed E-state index contributed by atoms with van der Waals surface area (Å²) in [7, 11) is 0. The lowest BCUT2D eigenvalue weighted by molar-refractivity contribution is 0.101. The van der Waals surface area contributed by atoms with E-state index < -0.39 is 0 Å². The van der Waals surface area contributed by atoms with Gasteiger partial charge in [-0.1, -0.05) is 0 Å². The van der Waals surface area contributed by atoms with Crippen LogP contribution in [0.15, 0.2) is 12.4 Å². The molecule has 0 N–H and O–H groups in total. The Morgan fingerprint density at radius 2 is 2.18 bits per heavy atom. The molecule has 1 aromatic heterocycles. The molecule has 4 heteroatoms. The minimum atomic E-state index is -0.183. The fourth-order valence-corrected chi connectivity index (χ4v) is 0.871. The van der Waals surface area contributed by atoms with Crippen molar-refractivity contribution in [2.45, 2.75) is 6.92 Å². The Morgan fingerprint density at radius 1 is 1.55 bits per heavy atom. The SMILES string of the molecule is Cc1nccnc1C(=O)CCl. The number of aryl methyl sites for hydroxylation is 1. The lowest BCUT2D eigenvalue weighted by atomic mass is 10.2. The van der Waals surface area contributed by atoms with Crippen molar-refractivity contribution in [3.8, 4) is 0 Å². The zero-order valence-corrected chi connectivity index (χ0v) is 6.80. The molecule has 3 nitrogen and oxygen atoms in total. The molecule has 1 heterocycles. The van der Waals surface area contributed by atoms with Gasteiger partial charge >= 0.3 is 0 Å². The highest BCUT2D eigenvalue weighted by Gasteiger charge is 2.08. The van der Waals surface area contributed by atoms with Gasteiger partial charge in [-0.25, -0.2) is 4.98 Å². The molecule has 0 bridgehead atoms. The van der Waals surface area contributed by atoms with Crippen molar-refractivity contribution in [2.24, 2.45) is 0 Å². The van der Waals surface area contributed by atoms with E-state index in [2.05, 4.69) is 9.97 Å². The van der Waals surface area contributed by atoms with Crippen LogP contribution in [-0.4, -0.2) is 21.6 Å². The molecule has 0 aliphatic carbocycles. The van der Waals surface area contributed by atoms with Crippen LogP contribution in [0.2, 0.25) is 0 Å². The van der Waals surface area contributed by atoms with Gasteiger partial charge < -0.3 is 0 Å². The van der Waals surface area contributed by atoms with Gasteiger partial charge in [-0.15, -0.1) is 11.6 Å². The van der Waals surface area contributed by atoms with Crippen LogP contribution in [-0.2, 0) is 0 Å². The van der Waals surface area contributed by atoms with Gasteiger partial charge in [0.05, 0.1) is 11.6 Å². The number of Topliss-reactive ketones (excluding diaryl/α,β-unsaturated/α-hetero) is 1. The van der Waals surface area contributed by atoms with E-state index in [-0.39, 0.29) is 11.7 Å². The molecule has 0 spiro atoms. The second kappa shape index (κ2) is 3.44. The zero-order chi connectivity index (χ0) is 8.27. The molecule has 0 amide bonds. The third kappa shape index (κ3) is 1.74. The minimum absolute atomic E-state index is 0.0421. The Labute approximate surface area is 69.4 Å². The van der Waals surface area contributed by atoms with Gasteiger partial charge in [-0.2, -0.15) is 0 Å². The number of halogens is 1. The topological polar surface area (TPSA) is 42.9 Å². The van der Waals surface area contributed by atoms with E-state index in [0.717, 1.165) is 0 Å². The van der Waals surface area contributed by atoms with E-state index in [1.54, 1.807) is 13.1 Å². The van der Waals surface area contributed by atoms with E-state index >= 15 is 0 Å². The van der Waals surface area contributed by atoms with Crippen molar-refractivity contribution in [3.63, 3.8) is 0 Å². The minimum Gasteiger partial charge on any atom is -0.291 e. The second-order valence-corrected chi connectivity index (χ2v) is 2.31. The smallest absolute Gasteiger partial charge is 0.197 e. The monoisotopic (exact) mass is 170 g/mol. The van der Waals surface area contributed by atoms with E-state index in [1.807, 2.05) is 0 Å². The predicted octanol–water partition coefficient (Wildman–Crippen LogP) is 1.21. The molecule has 58 valence electrons. The van der Waals surface area contributed by atoms with Crippen LogP contribution in [0.25, 0.3) is 0 Å². The summed E-state index contributed by atoms with van der Waals surface area (Å²) < 4.78 is 0. The molecule has 11 heavy (non-hydrogen) atoms. The Hall–Kier alpha value is -0.960. The molecule has 0 saturated heterocycles. The van der Waals surface area contributed by atoms with Gasteiger partial charge in [-0.05, 0) is 6.92 Å². The van der Waals surface area contributed by atoms with Gasteiger partial charge in [0.1, 0.15) is 5.69 Å². The quantitative estimate of drug-likeness (QED) is 0.495. The summed E-state index contributed by atoms with van der Waals surface area (Å²) in [6, 6.07) is 0. The number of nitrogens with zero attached hydrogens (tertiary/aromatic N) is 2. The van der Waals surface area contributed by atoms with Gasteiger partial charge in [0, 0.05) is 12.4 Å². The normalized spacial score (nSPS) is 9.64. The second-order valence-electron chi connectivity index (χ2n) is 2.05. The van der Waals surface area contributed by atoms with Crippen molar-refractivity contribution in [1.82, 2.24) is 9.97 Å². The largest absolute Gasteiger partial charge is 0.291 e. The van der Waals surface area contributed by atoms with E-state index in [0.29, 0.717) is 11.4 Å². The molecule has 0 fully saturated rings. The molecule has 0 saturated carbocycles. The van der Waals surface area contributed by atoms with Crippen molar-refractivity contribution >= 4 is 17.4 Å². The van der Waals surface area contributed by atoms with Gasteiger partial charge in [-0.3, -0.25) is 9.78 Å². The van der Waals surface area contributed by atoms with Crippen molar-refractivity contribution in [2.75, 3.05) is 5.88 Å². The number of hydrogen-bond acceptors (Lipinski definition) is 3. The fraction of sp³-hybridized carbons (Fsp3) is 0.286. The molecule has 0 unspecified atom stereocenters. The maximum Gasteiger partial charge on any atom is 0.197 e. The Kier molecular flexibility index (Phi) is 2.54. The first-order chi connectivity index (χ1) is 5.25. The lowest BCUT2D eigenvalue weighted by Gasteiger charge is -1.97. The molecule has 0 atom stereocenters. The summed E-state index contributed by atoms with van der Waals surface area (Å²) in [5.41, 5.74) is 0.987. The molecule has 1 aromatic rings. The zero-order valence-electron chi connectivity index (χ0n) is 6.04. The lowest BCUT2D eigenvalue weighted by Crippen LogP contribution is -2.06. The first-order valence-electron chi connectivity index (χ1n) is 3.12. The third-order valence-electron chi connectivity index (χ3n) is 1.27. The molecule has 0 aliphatic heterocycles. The molecular weight excluding hydrogens is 164 g/mol. The molecule has 0 aromatic carbocycles. The highest BCUT2D eigenvalue weighted by molar-refractivity contribution is 6.30. The average molecular weight is 171 g/mol. The van der Waals surface area contributed by atoms with Crippen LogP contribution in [0.5, 0.6) is 0 Å². The standard InChI is InChI=1S/C7H7ClN2O/c1-5-7(6(11)4-8)10-3-2-9-5/h2-3H,4H2,1H3. The van der Waals surface area contributed by atoms with Gasteiger partial charge in [0.15, 0.2) is 5.78 Å². The van der Waals surface area contributed by atoms with Crippen LogP contribution < -0.4 is 0 Å². The van der Waals surface area contributed by atoms with Crippen LogP contribution in [0.4, 0.5) is 0 Å². The first-order valence-corrected chi connectivity index (χ1v) is 3.66. The third-order valence-corrected chi connectivity index (χ3v) is 1.51. The number of ketones is 1. The summed E-state index contributed by atoms with van der Waals surface area (Å²) >= 11 is 5.34. The number of carbonyl (C=O) groups is 1. The maximum absolute atomic E-state index is 11.0. The number of carbonyl (C=O) groups excluding carboxylic acids is 1. The van der Waals surface area contributed by atoms with Crippen molar-refractivity contribution in [3.05, 3.63) is 23.8 Å². The molecule has 0 radical (unpaired) electrons. The van der Waals surface area contributed by atoms with Gasteiger partial charge in [0.2, 0.25) is 0 Å².